The van der Waals surface area contributed by atoms with Crippen molar-refractivity contribution in [3.8, 4) is 0 Å². The molecule has 104 valence electrons. The van der Waals surface area contributed by atoms with E-state index in [0.29, 0.717) is 0 Å². The molecule has 0 radical (unpaired) electrons. The molecule has 2 aromatic rings. The molecule has 0 aliphatic rings. The van der Waals surface area contributed by atoms with Gasteiger partial charge >= 0.3 is 6.09 Å². The van der Waals surface area contributed by atoms with E-state index in [1.165, 1.54) is 4.57 Å². The average Bonchev–Trinajstić information content (AvgIpc) is 2.47. The molecule has 0 bridgehead atoms. The fraction of sp³-hybridized carbons (Fsp3) is 0.200. The molecule has 1 N–H and O–H groups in total. The second-order valence-corrected chi connectivity index (χ2v) is 4.44. The van der Waals surface area contributed by atoms with Crippen molar-refractivity contribution in [2.75, 3.05) is 5.32 Å². The fourth-order valence-electron chi connectivity index (χ4n) is 1.69. The Kier molecular flexibility index (Phi) is 4.20. The van der Waals surface area contributed by atoms with Gasteiger partial charge in [0.25, 0.3) is 5.56 Å². The number of hydrogen-bond donors (Lipinski definition) is 1. The van der Waals surface area contributed by atoms with E-state index in [1.54, 1.807) is 19.2 Å². The van der Waals surface area contributed by atoms with E-state index in [0.717, 1.165) is 11.3 Å². The largest absolute Gasteiger partial charge is 0.444 e. The molecular weight excluding hydrogens is 256 g/mol. The van der Waals surface area contributed by atoms with Gasteiger partial charge in [-0.2, -0.15) is 0 Å². The maximum atomic E-state index is 11.9. The summed E-state index contributed by atoms with van der Waals surface area (Å²) in [6.07, 6.45) is -0.644. The molecular formula is C15H16N2O3. The summed E-state index contributed by atoms with van der Waals surface area (Å²) in [7, 11) is 1.65. The highest BCUT2D eigenvalue weighted by Gasteiger charge is 2.08. The van der Waals surface area contributed by atoms with E-state index in [4.69, 9.17) is 4.74 Å². The van der Waals surface area contributed by atoms with Gasteiger partial charge < -0.3 is 9.30 Å². The zero-order chi connectivity index (χ0) is 14.5. The molecule has 0 unspecified atom stereocenters. The number of rotatable bonds is 3. The van der Waals surface area contributed by atoms with Crippen LogP contribution in [0.1, 0.15) is 11.3 Å². The lowest BCUT2D eigenvalue weighted by Gasteiger charge is -2.09. The van der Waals surface area contributed by atoms with Crippen LogP contribution in [0, 0.1) is 6.92 Å². The van der Waals surface area contributed by atoms with Crippen molar-refractivity contribution in [3.63, 3.8) is 0 Å². The zero-order valence-corrected chi connectivity index (χ0v) is 11.4. The first-order chi connectivity index (χ1) is 9.58. The van der Waals surface area contributed by atoms with E-state index in [9.17, 15) is 9.59 Å². The number of nitrogens with one attached hydrogen (secondary N) is 1. The summed E-state index contributed by atoms with van der Waals surface area (Å²) >= 11 is 0. The minimum atomic E-state index is -0.644. The van der Waals surface area contributed by atoms with Crippen LogP contribution in [0.25, 0.3) is 0 Å². The third-order valence-corrected chi connectivity index (χ3v) is 3.00. The standard InChI is InChI=1S/C15H16N2O3/c1-11-8-9-13(14(18)17(11)2)16-15(19)20-10-12-6-4-3-5-7-12/h3-9H,10H2,1-2H3,(H,16,19). The Hall–Kier alpha value is -2.56. The molecule has 0 aliphatic carbocycles. The number of carbonyl (C=O) groups is 1. The van der Waals surface area contributed by atoms with E-state index < -0.39 is 6.09 Å². The molecule has 1 aromatic heterocycles. The molecule has 1 heterocycles. The highest BCUT2D eigenvalue weighted by molar-refractivity contribution is 5.84. The van der Waals surface area contributed by atoms with E-state index in [1.807, 2.05) is 37.3 Å². The molecule has 0 saturated carbocycles. The summed E-state index contributed by atoms with van der Waals surface area (Å²) in [5.41, 5.74) is 1.65. The molecule has 1 amide bonds. The van der Waals surface area contributed by atoms with Crippen molar-refractivity contribution in [2.24, 2.45) is 7.05 Å². The van der Waals surface area contributed by atoms with Gasteiger partial charge in [0, 0.05) is 12.7 Å². The molecule has 0 spiro atoms. The number of nitrogens with zero attached hydrogens (tertiary/aromatic N) is 1. The Balaban J connectivity index is 1.99. The molecule has 5 heteroatoms. The highest BCUT2D eigenvalue weighted by Crippen LogP contribution is 2.05. The van der Waals surface area contributed by atoms with Crippen LogP contribution in [0.15, 0.2) is 47.3 Å². The number of pyridine rings is 1. The van der Waals surface area contributed by atoms with Crippen molar-refractivity contribution in [1.82, 2.24) is 4.57 Å². The third-order valence-electron chi connectivity index (χ3n) is 3.00. The number of amides is 1. The van der Waals surface area contributed by atoms with Crippen LogP contribution in [0.5, 0.6) is 0 Å². The van der Waals surface area contributed by atoms with Gasteiger partial charge in [0.1, 0.15) is 12.3 Å². The maximum Gasteiger partial charge on any atom is 0.412 e. The molecule has 0 fully saturated rings. The normalized spacial score (nSPS) is 10.1. The van der Waals surface area contributed by atoms with E-state index >= 15 is 0 Å². The van der Waals surface area contributed by atoms with Gasteiger partial charge in [0.15, 0.2) is 0 Å². The van der Waals surface area contributed by atoms with E-state index in [-0.39, 0.29) is 17.9 Å². The van der Waals surface area contributed by atoms with Gasteiger partial charge in [-0.05, 0) is 24.6 Å². The van der Waals surface area contributed by atoms with Crippen LogP contribution < -0.4 is 10.9 Å². The Bertz CT molecular complexity index is 663. The first-order valence-electron chi connectivity index (χ1n) is 6.22. The van der Waals surface area contributed by atoms with Gasteiger partial charge in [-0.25, -0.2) is 4.79 Å². The molecule has 5 nitrogen and oxygen atoms in total. The number of aryl methyl sites for hydroxylation is 1. The quantitative estimate of drug-likeness (QED) is 0.933. The zero-order valence-electron chi connectivity index (χ0n) is 11.4. The van der Waals surface area contributed by atoms with Gasteiger partial charge in [-0.15, -0.1) is 0 Å². The minimum absolute atomic E-state index is 0.166. The summed E-state index contributed by atoms with van der Waals surface area (Å²) in [6.45, 7) is 1.98. The predicted molar refractivity (Wildman–Crippen MR) is 76.7 cm³/mol. The van der Waals surface area contributed by atoms with Gasteiger partial charge in [0.2, 0.25) is 0 Å². The topological polar surface area (TPSA) is 60.3 Å². The number of benzene rings is 1. The molecule has 0 saturated heterocycles. The third kappa shape index (κ3) is 3.26. The summed E-state index contributed by atoms with van der Waals surface area (Å²) in [4.78, 5) is 23.5. The number of hydrogen-bond acceptors (Lipinski definition) is 3. The van der Waals surface area contributed by atoms with Crippen LogP contribution >= 0.6 is 0 Å². The average molecular weight is 272 g/mol. The summed E-state index contributed by atoms with van der Waals surface area (Å²) in [5, 5.41) is 2.45. The van der Waals surface area contributed by atoms with Crippen LogP contribution in [0.4, 0.5) is 10.5 Å². The van der Waals surface area contributed by atoms with E-state index in [2.05, 4.69) is 5.32 Å². The second-order valence-electron chi connectivity index (χ2n) is 4.44. The van der Waals surface area contributed by atoms with Crippen LogP contribution in [0.3, 0.4) is 0 Å². The van der Waals surface area contributed by atoms with Crippen molar-refractivity contribution < 1.29 is 9.53 Å². The summed E-state index contributed by atoms with van der Waals surface area (Å²) in [6, 6.07) is 12.7. The Morgan fingerprint density at radius 3 is 2.60 bits per heavy atom. The molecule has 2 rings (SSSR count). The van der Waals surface area contributed by atoms with Gasteiger partial charge in [-0.3, -0.25) is 10.1 Å². The smallest absolute Gasteiger partial charge is 0.412 e. The molecule has 0 atom stereocenters. The Morgan fingerprint density at radius 2 is 1.90 bits per heavy atom. The monoisotopic (exact) mass is 272 g/mol. The summed E-state index contributed by atoms with van der Waals surface area (Å²) in [5.74, 6) is 0. The summed E-state index contributed by atoms with van der Waals surface area (Å²) < 4.78 is 6.52. The number of anilines is 1. The predicted octanol–water partition coefficient (Wildman–Crippen LogP) is 2.44. The SMILES string of the molecule is Cc1ccc(NC(=O)OCc2ccccc2)c(=O)n1C. The van der Waals surface area contributed by atoms with Crippen molar-refractivity contribution in [3.05, 3.63) is 64.1 Å². The first-order valence-corrected chi connectivity index (χ1v) is 6.22. The van der Waals surface area contributed by atoms with Gasteiger partial charge in [0.05, 0.1) is 0 Å². The number of carbonyl (C=O) groups excluding carboxylic acids is 1. The molecule has 0 aliphatic heterocycles. The van der Waals surface area contributed by atoms with Crippen LogP contribution in [0.2, 0.25) is 0 Å². The first kappa shape index (κ1) is 13.9. The Labute approximate surface area is 116 Å². The lowest BCUT2D eigenvalue weighted by atomic mass is 10.2. The lowest BCUT2D eigenvalue weighted by Crippen LogP contribution is -2.25. The van der Waals surface area contributed by atoms with Gasteiger partial charge in [-0.1, -0.05) is 30.3 Å². The number of aromatic nitrogens is 1. The molecule has 1 aromatic carbocycles. The molecule has 20 heavy (non-hydrogen) atoms. The van der Waals surface area contributed by atoms with Crippen molar-refractivity contribution in [1.29, 1.82) is 0 Å². The minimum Gasteiger partial charge on any atom is -0.444 e. The van der Waals surface area contributed by atoms with Crippen molar-refractivity contribution in [2.45, 2.75) is 13.5 Å². The fourth-order valence-corrected chi connectivity index (χ4v) is 1.69. The number of ether oxygens (including phenoxy) is 1. The van der Waals surface area contributed by atoms with Crippen LogP contribution in [-0.2, 0) is 18.4 Å². The van der Waals surface area contributed by atoms with Crippen molar-refractivity contribution >= 4 is 11.8 Å². The lowest BCUT2D eigenvalue weighted by molar-refractivity contribution is 0.155. The highest BCUT2D eigenvalue weighted by atomic mass is 16.5. The Morgan fingerprint density at radius 1 is 1.20 bits per heavy atom. The van der Waals surface area contributed by atoms with Crippen LogP contribution in [-0.4, -0.2) is 10.7 Å². The second kappa shape index (κ2) is 6.06. The maximum absolute atomic E-state index is 11.9.